The predicted molar refractivity (Wildman–Crippen MR) is 124 cm³/mol. The van der Waals surface area contributed by atoms with Gasteiger partial charge in [-0.2, -0.15) is 13.2 Å². The molecule has 2 aliphatic rings. The van der Waals surface area contributed by atoms with Crippen LogP contribution < -0.4 is 15.4 Å². The van der Waals surface area contributed by atoms with E-state index in [0.717, 1.165) is 12.3 Å². The van der Waals surface area contributed by atoms with E-state index in [1.807, 2.05) is 20.8 Å². The Labute approximate surface area is 209 Å². The molecule has 204 valence electrons. The van der Waals surface area contributed by atoms with Crippen molar-refractivity contribution >= 4 is 12.2 Å². The average Bonchev–Trinajstić information content (AvgIpc) is 2.62. The number of nitrogens with zero attached hydrogens (tertiary/aromatic N) is 1. The number of hydrogen-bond donors (Lipinski definition) is 3. The number of pyridine rings is 1. The summed E-state index contributed by atoms with van der Waals surface area (Å²) in [5.74, 6) is 0.277. The van der Waals surface area contributed by atoms with Gasteiger partial charge in [-0.05, 0) is 66.5 Å². The first kappa shape index (κ1) is 29.5. The molecule has 0 atom stereocenters. The molecule has 3 rings (SSSR count). The molecular formula is C24H36F3N3O6. The zero-order chi connectivity index (χ0) is 27.3. The average molecular weight is 520 g/mol. The van der Waals surface area contributed by atoms with E-state index in [4.69, 9.17) is 19.3 Å². The molecule has 2 saturated carbocycles. The van der Waals surface area contributed by atoms with E-state index in [9.17, 15) is 22.8 Å². The number of amides is 2. The zero-order valence-corrected chi connectivity index (χ0v) is 21.4. The monoisotopic (exact) mass is 519 g/mol. The summed E-state index contributed by atoms with van der Waals surface area (Å²) >= 11 is 0. The normalized spacial score (nSPS) is 23.6. The van der Waals surface area contributed by atoms with Crippen LogP contribution in [0.5, 0.6) is 5.75 Å². The van der Waals surface area contributed by atoms with Crippen molar-refractivity contribution in [2.45, 2.75) is 109 Å². The Hall–Kier alpha value is -2.76. The molecule has 0 bridgehead atoms. The molecule has 2 aliphatic carbocycles. The lowest BCUT2D eigenvalue weighted by molar-refractivity contribution is -0.141. The fourth-order valence-corrected chi connectivity index (χ4v) is 3.24. The summed E-state index contributed by atoms with van der Waals surface area (Å²) in [6, 6.07) is 2.15. The Morgan fingerprint density at radius 2 is 1.36 bits per heavy atom. The fraction of sp³-hybridized carbons (Fsp3) is 0.708. The summed E-state index contributed by atoms with van der Waals surface area (Å²) in [5.41, 5.74) is -1.97. The Bertz CT molecular complexity index is 869. The lowest BCUT2D eigenvalue weighted by Crippen LogP contribution is -2.50. The number of aliphatic hydroxyl groups is 1. The molecule has 2 fully saturated rings. The van der Waals surface area contributed by atoms with Gasteiger partial charge >= 0.3 is 18.4 Å². The number of alkyl carbamates (subject to hydrolysis) is 2. The number of nitrogens with one attached hydrogen (secondary N) is 2. The Balaban J connectivity index is 0.000000297. The number of ether oxygens (including phenoxy) is 3. The minimum Gasteiger partial charge on any atom is -0.489 e. The molecule has 36 heavy (non-hydrogen) atoms. The van der Waals surface area contributed by atoms with E-state index in [1.165, 1.54) is 6.07 Å². The van der Waals surface area contributed by atoms with Gasteiger partial charge in [-0.3, -0.25) is 0 Å². The van der Waals surface area contributed by atoms with Gasteiger partial charge in [0.05, 0.1) is 12.3 Å². The minimum atomic E-state index is -4.46. The van der Waals surface area contributed by atoms with Crippen LogP contribution >= 0.6 is 0 Å². The lowest BCUT2D eigenvalue weighted by Gasteiger charge is -2.36. The summed E-state index contributed by atoms with van der Waals surface area (Å²) in [6.45, 7) is 10.8. The number of aromatic nitrogens is 1. The highest BCUT2D eigenvalue weighted by Crippen LogP contribution is 2.30. The number of halogens is 3. The Morgan fingerprint density at radius 3 is 1.72 bits per heavy atom. The van der Waals surface area contributed by atoms with E-state index >= 15 is 0 Å². The number of carbonyl (C=O) groups excluding carboxylic acids is 2. The van der Waals surface area contributed by atoms with E-state index in [1.54, 1.807) is 20.8 Å². The molecule has 12 heteroatoms. The van der Waals surface area contributed by atoms with Crippen LogP contribution in [-0.4, -0.2) is 57.8 Å². The number of alkyl halides is 3. The number of carbonyl (C=O) groups is 2. The van der Waals surface area contributed by atoms with Crippen LogP contribution in [0, 0.1) is 0 Å². The third-order valence-electron chi connectivity index (χ3n) is 4.98. The van der Waals surface area contributed by atoms with Gasteiger partial charge in [-0.25, -0.2) is 14.6 Å². The van der Waals surface area contributed by atoms with Crippen molar-refractivity contribution < 1.29 is 42.1 Å². The van der Waals surface area contributed by atoms with Crippen molar-refractivity contribution in [3.05, 3.63) is 24.0 Å². The molecule has 0 spiro atoms. The van der Waals surface area contributed by atoms with Crippen LogP contribution in [0.4, 0.5) is 22.8 Å². The second kappa shape index (κ2) is 11.5. The molecular weight excluding hydrogens is 483 g/mol. The van der Waals surface area contributed by atoms with Crippen molar-refractivity contribution in [2.24, 2.45) is 0 Å². The summed E-state index contributed by atoms with van der Waals surface area (Å²) in [6.07, 6.45) is -2.29. The van der Waals surface area contributed by atoms with E-state index in [0.29, 0.717) is 25.7 Å². The van der Waals surface area contributed by atoms with E-state index < -0.39 is 35.3 Å². The van der Waals surface area contributed by atoms with Crippen LogP contribution in [0.2, 0.25) is 0 Å². The summed E-state index contributed by atoms with van der Waals surface area (Å²) in [7, 11) is 0. The van der Waals surface area contributed by atoms with Gasteiger partial charge in [0.2, 0.25) is 0 Å². The zero-order valence-electron chi connectivity index (χ0n) is 21.4. The van der Waals surface area contributed by atoms with Gasteiger partial charge in [-0.1, -0.05) is 0 Å². The van der Waals surface area contributed by atoms with E-state index in [2.05, 4.69) is 15.6 Å². The van der Waals surface area contributed by atoms with Crippen molar-refractivity contribution in [2.75, 3.05) is 0 Å². The maximum Gasteiger partial charge on any atom is 0.433 e. The molecule has 0 radical (unpaired) electrons. The maximum atomic E-state index is 12.4. The fourth-order valence-electron chi connectivity index (χ4n) is 3.24. The Kier molecular flexibility index (Phi) is 9.44. The summed E-state index contributed by atoms with van der Waals surface area (Å²) in [4.78, 5) is 26.1. The van der Waals surface area contributed by atoms with Crippen molar-refractivity contribution in [1.29, 1.82) is 0 Å². The van der Waals surface area contributed by atoms with Gasteiger partial charge in [0.25, 0.3) is 0 Å². The third-order valence-corrected chi connectivity index (χ3v) is 4.98. The molecule has 1 heterocycles. The maximum absolute atomic E-state index is 12.4. The van der Waals surface area contributed by atoms with Crippen molar-refractivity contribution in [3.63, 3.8) is 0 Å². The van der Waals surface area contributed by atoms with Gasteiger partial charge in [0.15, 0.2) is 0 Å². The summed E-state index contributed by atoms with van der Waals surface area (Å²) < 4.78 is 52.9. The van der Waals surface area contributed by atoms with Crippen molar-refractivity contribution in [3.8, 4) is 5.75 Å². The van der Waals surface area contributed by atoms with Gasteiger partial charge in [0.1, 0.15) is 28.7 Å². The molecule has 3 N–H and O–H groups in total. The molecule has 1 aromatic rings. The Morgan fingerprint density at radius 1 is 0.889 bits per heavy atom. The predicted octanol–water partition coefficient (Wildman–Crippen LogP) is 4.57. The van der Waals surface area contributed by atoms with Crippen LogP contribution in [0.3, 0.4) is 0 Å². The molecule has 0 aliphatic heterocycles. The first-order valence-electron chi connectivity index (χ1n) is 11.8. The highest BCUT2D eigenvalue weighted by Gasteiger charge is 2.35. The van der Waals surface area contributed by atoms with E-state index in [-0.39, 0.29) is 30.0 Å². The van der Waals surface area contributed by atoms with Crippen LogP contribution in [-0.2, 0) is 15.7 Å². The minimum absolute atomic E-state index is 0.0581. The summed E-state index contributed by atoms with van der Waals surface area (Å²) in [5, 5.41) is 14.4. The van der Waals surface area contributed by atoms with Crippen LogP contribution in [0.1, 0.15) is 72.9 Å². The second-order valence-electron chi connectivity index (χ2n) is 10.9. The standard InChI is InChI=1S/C15H19F3N2O3.C9H17NO3/c1-14(2,3)23-13(21)20-9-6-11(7-9)22-10-4-5-12(19-8-10)15(16,17)18;1-9(2,3)13-8(12)10-6-4-7(11)5-6/h4-5,8-9,11H,6-7H2,1-3H3,(H,20,21);6-7,11H,4-5H2,1-3H3,(H,10,12). The smallest absolute Gasteiger partial charge is 0.433 e. The van der Waals surface area contributed by atoms with Gasteiger partial charge < -0.3 is 30.0 Å². The highest BCUT2D eigenvalue weighted by molar-refractivity contribution is 5.68. The van der Waals surface area contributed by atoms with Gasteiger partial charge in [0, 0.05) is 24.9 Å². The lowest BCUT2D eigenvalue weighted by atomic mass is 9.89. The molecule has 0 aromatic carbocycles. The topological polar surface area (TPSA) is 119 Å². The van der Waals surface area contributed by atoms with Crippen molar-refractivity contribution in [1.82, 2.24) is 15.6 Å². The first-order chi connectivity index (χ1) is 16.4. The SMILES string of the molecule is CC(C)(C)OC(=O)NC1CC(O)C1.CC(C)(C)OC(=O)NC1CC(Oc2ccc(C(F)(F)F)nc2)C1. The second-order valence-corrected chi connectivity index (χ2v) is 10.9. The number of hydrogen-bond acceptors (Lipinski definition) is 7. The molecule has 9 nitrogen and oxygen atoms in total. The number of aliphatic hydroxyl groups excluding tert-OH is 1. The molecule has 0 saturated heterocycles. The highest BCUT2D eigenvalue weighted by atomic mass is 19.4. The molecule has 2 amide bonds. The first-order valence-corrected chi connectivity index (χ1v) is 11.8. The largest absolute Gasteiger partial charge is 0.489 e. The number of rotatable bonds is 4. The third kappa shape index (κ3) is 10.9. The van der Waals surface area contributed by atoms with Crippen LogP contribution in [0.25, 0.3) is 0 Å². The van der Waals surface area contributed by atoms with Gasteiger partial charge in [-0.15, -0.1) is 0 Å². The molecule has 1 aromatic heterocycles. The quantitative estimate of drug-likeness (QED) is 0.533. The van der Waals surface area contributed by atoms with Crippen LogP contribution in [0.15, 0.2) is 18.3 Å². The molecule has 0 unspecified atom stereocenters.